The number of nitrogens with zero attached hydrogens (tertiary/aromatic N) is 3. The lowest BCUT2D eigenvalue weighted by Gasteiger charge is -2.54. The highest BCUT2D eigenvalue weighted by atomic mass is 15.3. The minimum atomic E-state index is -0.289. The first kappa shape index (κ1) is 34.8. The highest BCUT2D eigenvalue weighted by molar-refractivity contribution is 7.00. The maximum absolute atomic E-state index is 2.93. The van der Waals surface area contributed by atoms with E-state index in [9.17, 15) is 0 Å². The molecule has 2 aliphatic carbocycles. The second-order valence-corrected chi connectivity index (χ2v) is 19.8. The van der Waals surface area contributed by atoms with Crippen LogP contribution in [0, 0.1) is 27.7 Å². The molecule has 0 saturated heterocycles. The van der Waals surface area contributed by atoms with Crippen molar-refractivity contribution in [2.45, 2.75) is 116 Å². The molecule has 58 heavy (non-hydrogen) atoms. The molecule has 0 N–H and O–H groups in total. The van der Waals surface area contributed by atoms with E-state index in [0.29, 0.717) is 0 Å². The molecule has 0 aromatic heterocycles. The van der Waals surface area contributed by atoms with E-state index in [-0.39, 0.29) is 28.6 Å². The number of hydrogen-bond donors (Lipinski definition) is 0. The lowest BCUT2D eigenvalue weighted by Crippen LogP contribution is -2.65. The van der Waals surface area contributed by atoms with Gasteiger partial charge in [-0.05, 0) is 159 Å². The number of rotatable bonds is 2. The number of hydrogen-bond acceptors (Lipinski definition) is 3. The summed E-state index contributed by atoms with van der Waals surface area (Å²) in [4.78, 5) is 8.37. The Labute approximate surface area is 345 Å². The van der Waals surface area contributed by atoms with Crippen molar-refractivity contribution < 1.29 is 0 Å². The van der Waals surface area contributed by atoms with E-state index in [2.05, 4.69) is 179 Å². The van der Waals surface area contributed by atoms with E-state index in [1.54, 1.807) is 5.56 Å². The third kappa shape index (κ3) is 3.94. The van der Waals surface area contributed by atoms with Gasteiger partial charge in [0, 0.05) is 50.6 Å². The standard InChI is InChI=1S/C54H54BN3/c1-33-16-15-18-38(28-33)56-44-29-34(2)22-23-42(44)55-48-36(4)30-35(3)47-50(48)58(53(7)26-14-13-25-52(47,53)6)46-32-39(31-45(56)49(46)55)57-43-21-12-11-20-41(43)51(5)27-24-37-17-9-10-19-40(37)54(51,57)8/h9-12,15-23,28-32H,13-14,24-27H2,1-8H3. The van der Waals surface area contributed by atoms with Crippen LogP contribution in [0.5, 0.6) is 0 Å². The van der Waals surface area contributed by atoms with E-state index in [1.807, 2.05) is 0 Å². The summed E-state index contributed by atoms with van der Waals surface area (Å²) in [6.45, 7) is 19.8. The summed E-state index contributed by atoms with van der Waals surface area (Å²) in [6, 6.07) is 43.0. The van der Waals surface area contributed by atoms with Gasteiger partial charge in [0.25, 0.3) is 6.71 Å². The summed E-state index contributed by atoms with van der Waals surface area (Å²) in [6.07, 6.45) is 7.18. The number of benzene rings is 6. The second kappa shape index (κ2) is 11.3. The summed E-state index contributed by atoms with van der Waals surface area (Å²) in [5.41, 5.74) is 24.9. The van der Waals surface area contributed by atoms with Crippen LogP contribution in [0.4, 0.5) is 39.8 Å². The molecule has 4 unspecified atom stereocenters. The van der Waals surface area contributed by atoms with Crippen LogP contribution in [0.1, 0.15) is 104 Å². The molecule has 4 heterocycles. The molecule has 4 aliphatic heterocycles. The molecule has 0 bridgehead atoms. The first-order valence-electron chi connectivity index (χ1n) is 22.0. The quantitative estimate of drug-likeness (QED) is 0.163. The largest absolute Gasteiger partial charge is 0.335 e. The second-order valence-electron chi connectivity index (χ2n) is 19.8. The molecule has 0 radical (unpaired) electrons. The number of aryl methyl sites for hydroxylation is 5. The number of fused-ring (bicyclic) bond motifs is 12. The van der Waals surface area contributed by atoms with Crippen molar-refractivity contribution in [3.63, 3.8) is 0 Å². The maximum atomic E-state index is 2.93. The molecule has 1 fully saturated rings. The minimum absolute atomic E-state index is 0.0446. The minimum Gasteiger partial charge on any atom is -0.335 e. The Morgan fingerprint density at radius 3 is 2.10 bits per heavy atom. The SMILES string of the molecule is Cc1cccc(N2c3cc(C)ccc3B3c4c2cc(N2c5ccccc5C5(C)CCc6ccccc6C25C)cc4N2c4c3c(C)cc(C)c4C3(C)CCCCC23C)c1. The summed E-state index contributed by atoms with van der Waals surface area (Å²) >= 11 is 0. The average molecular weight is 756 g/mol. The van der Waals surface area contributed by atoms with Gasteiger partial charge in [0.1, 0.15) is 0 Å². The number of anilines is 7. The maximum Gasteiger partial charge on any atom is 0.252 e. The van der Waals surface area contributed by atoms with Crippen LogP contribution >= 0.6 is 0 Å². The van der Waals surface area contributed by atoms with Crippen molar-refractivity contribution in [1.82, 2.24) is 0 Å². The van der Waals surface area contributed by atoms with Crippen LogP contribution in [0.25, 0.3) is 0 Å². The van der Waals surface area contributed by atoms with Crippen molar-refractivity contribution in [1.29, 1.82) is 0 Å². The zero-order valence-electron chi connectivity index (χ0n) is 35.6. The molecule has 288 valence electrons. The topological polar surface area (TPSA) is 9.72 Å². The van der Waals surface area contributed by atoms with Crippen molar-refractivity contribution in [2.75, 3.05) is 14.7 Å². The normalized spacial score (nSPS) is 26.7. The lowest BCUT2D eigenvalue weighted by molar-refractivity contribution is 0.194. The van der Waals surface area contributed by atoms with Gasteiger partial charge in [0.05, 0.1) is 11.1 Å². The molecule has 3 nitrogen and oxygen atoms in total. The van der Waals surface area contributed by atoms with E-state index >= 15 is 0 Å². The zero-order chi connectivity index (χ0) is 39.7. The Kier molecular flexibility index (Phi) is 6.77. The van der Waals surface area contributed by atoms with Crippen molar-refractivity contribution in [2.24, 2.45) is 0 Å². The van der Waals surface area contributed by atoms with E-state index in [4.69, 9.17) is 0 Å². The summed E-state index contributed by atoms with van der Waals surface area (Å²) < 4.78 is 0. The monoisotopic (exact) mass is 755 g/mol. The Morgan fingerprint density at radius 2 is 1.28 bits per heavy atom. The Hall–Kier alpha value is -5.22. The van der Waals surface area contributed by atoms with Gasteiger partial charge in [-0.3, -0.25) is 0 Å². The van der Waals surface area contributed by atoms with Crippen molar-refractivity contribution >= 4 is 62.9 Å². The highest BCUT2D eigenvalue weighted by Gasteiger charge is 2.63. The van der Waals surface area contributed by atoms with Gasteiger partial charge >= 0.3 is 0 Å². The summed E-state index contributed by atoms with van der Waals surface area (Å²) in [7, 11) is 0. The van der Waals surface area contributed by atoms with Crippen LogP contribution in [0.2, 0.25) is 0 Å². The smallest absolute Gasteiger partial charge is 0.252 e. The van der Waals surface area contributed by atoms with Gasteiger partial charge in [-0.15, -0.1) is 0 Å². The summed E-state index contributed by atoms with van der Waals surface area (Å²) in [5.74, 6) is 0. The molecule has 6 aliphatic rings. The fourth-order valence-electron chi connectivity index (χ4n) is 14.0. The average Bonchev–Trinajstić information content (AvgIpc) is 3.56. The highest BCUT2D eigenvalue weighted by Crippen LogP contribution is 2.66. The fourth-order valence-corrected chi connectivity index (χ4v) is 14.0. The van der Waals surface area contributed by atoms with E-state index < -0.39 is 0 Å². The Bertz CT molecular complexity index is 2800. The van der Waals surface area contributed by atoms with Gasteiger partial charge in [0.15, 0.2) is 0 Å². The first-order chi connectivity index (χ1) is 27.9. The molecule has 4 heteroatoms. The molecule has 6 aromatic rings. The Morgan fingerprint density at radius 1 is 0.534 bits per heavy atom. The Balaban J connectivity index is 1.24. The molecule has 0 amide bonds. The van der Waals surface area contributed by atoms with Crippen LogP contribution in [0.3, 0.4) is 0 Å². The molecule has 12 rings (SSSR count). The van der Waals surface area contributed by atoms with Gasteiger partial charge in [0.2, 0.25) is 0 Å². The van der Waals surface area contributed by atoms with Crippen LogP contribution < -0.4 is 31.1 Å². The molecule has 0 spiro atoms. The predicted molar refractivity (Wildman–Crippen MR) is 246 cm³/mol. The van der Waals surface area contributed by atoms with Gasteiger partial charge in [-0.1, -0.05) is 105 Å². The number of para-hydroxylation sites is 1. The van der Waals surface area contributed by atoms with Crippen molar-refractivity contribution in [3.8, 4) is 0 Å². The van der Waals surface area contributed by atoms with Crippen LogP contribution in [-0.2, 0) is 22.8 Å². The lowest BCUT2D eigenvalue weighted by atomic mass is 9.32. The van der Waals surface area contributed by atoms with Crippen LogP contribution in [0.15, 0.2) is 109 Å². The van der Waals surface area contributed by atoms with E-state index in [0.717, 1.165) is 12.8 Å². The predicted octanol–water partition coefficient (Wildman–Crippen LogP) is 11.5. The van der Waals surface area contributed by atoms with Gasteiger partial charge in [-0.2, -0.15) is 0 Å². The zero-order valence-corrected chi connectivity index (χ0v) is 35.6. The van der Waals surface area contributed by atoms with Crippen molar-refractivity contribution in [3.05, 3.63) is 154 Å². The van der Waals surface area contributed by atoms with Gasteiger partial charge in [-0.25, -0.2) is 0 Å². The van der Waals surface area contributed by atoms with Crippen LogP contribution in [-0.4, -0.2) is 12.3 Å². The van der Waals surface area contributed by atoms with E-state index in [1.165, 1.54) is 121 Å². The molecular formula is C54H54BN3. The molecule has 6 aromatic carbocycles. The van der Waals surface area contributed by atoms with Gasteiger partial charge < -0.3 is 14.7 Å². The third-order valence-corrected chi connectivity index (χ3v) is 16.9. The first-order valence-corrected chi connectivity index (χ1v) is 22.0. The summed E-state index contributed by atoms with van der Waals surface area (Å²) in [5, 5.41) is 0. The molecule has 1 saturated carbocycles. The third-order valence-electron chi connectivity index (χ3n) is 16.9. The molecular weight excluding hydrogens is 701 g/mol. The fraction of sp³-hybridized carbons (Fsp3) is 0.333. The molecule has 4 atom stereocenters.